The van der Waals surface area contributed by atoms with Crippen molar-refractivity contribution in [1.29, 1.82) is 0 Å². The lowest BCUT2D eigenvalue weighted by Crippen LogP contribution is -2.53. The molecule has 2 fully saturated rings. The molecule has 0 spiro atoms. The summed E-state index contributed by atoms with van der Waals surface area (Å²) in [6, 6.07) is 14.6. The van der Waals surface area contributed by atoms with E-state index >= 15 is 0 Å². The molecule has 1 amide bonds. The summed E-state index contributed by atoms with van der Waals surface area (Å²) in [6.07, 6.45) is 6.72. The van der Waals surface area contributed by atoms with Gasteiger partial charge in [-0.25, -0.2) is 0 Å². The van der Waals surface area contributed by atoms with E-state index in [1.807, 2.05) is 57.6 Å². The van der Waals surface area contributed by atoms with Gasteiger partial charge in [-0.3, -0.25) is 14.5 Å². The number of carbonyl (C=O) groups excluding carboxylic acids is 1. The summed E-state index contributed by atoms with van der Waals surface area (Å²) >= 11 is 0. The highest BCUT2D eigenvalue weighted by atomic mass is 28.1. The Labute approximate surface area is 226 Å². The van der Waals surface area contributed by atoms with Crippen molar-refractivity contribution in [1.82, 2.24) is 25.0 Å². The molecular formula is C30H32N5O2Si. The number of rotatable bonds is 7. The molecule has 2 atom stereocenters. The van der Waals surface area contributed by atoms with E-state index in [1.165, 1.54) is 0 Å². The zero-order chi connectivity index (χ0) is 26.6. The normalized spacial score (nSPS) is 19.1. The lowest BCUT2D eigenvalue weighted by molar-refractivity contribution is 0.0562. The van der Waals surface area contributed by atoms with Gasteiger partial charge in [-0.15, -0.1) is 0 Å². The average Bonchev–Trinajstić information content (AvgIpc) is 3.52. The predicted molar refractivity (Wildman–Crippen MR) is 149 cm³/mol. The number of aromatic nitrogens is 3. The van der Waals surface area contributed by atoms with Crippen LogP contribution in [0.25, 0.3) is 22.0 Å². The van der Waals surface area contributed by atoms with Crippen LogP contribution in [0.3, 0.4) is 0 Å². The van der Waals surface area contributed by atoms with Gasteiger partial charge in [-0.2, -0.15) is 5.10 Å². The summed E-state index contributed by atoms with van der Waals surface area (Å²) in [6.45, 7) is 5.04. The SMILES string of the molecule is Cc1ccc2c(C3(NC(=O)c4cc(O[C@@H]([Si])[C@@H]5CCN5C)ccc4C)CC3)cc(-c3cnn(C)c3)cc2n1. The molecule has 1 saturated heterocycles. The van der Waals surface area contributed by atoms with Gasteiger partial charge in [0.2, 0.25) is 0 Å². The first-order valence-electron chi connectivity index (χ1n) is 13.1. The number of hydrogen-bond donors (Lipinski definition) is 1. The molecule has 1 saturated carbocycles. The molecule has 1 N–H and O–H groups in total. The van der Waals surface area contributed by atoms with Crippen molar-refractivity contribution in [3.8, 4) is 16.9 Å². The molecule has 3 radical (unpaired) electrons. The highest BCUT2D eigenvalue weighted by Gasteiger charge is 2.47. The number of hydrogen-bond acceptors (Lipinski definition) is 5. The molecule has 193 valence electrons. The number of aryl methyl sites for hydroxylation is 3. The largest absolute Gasteiger partial charge is 0.493 e. The molecule has 3 heterocycles. The number of fused-ring (bicyclic) bond motifs is 1. The summed E-state index contributed by atoms with van der Waals surface area (Å²) < 4.78 is 7.98. The third-order valence-corrected chi connectivity index (χ3v) is 8.52. The lowest BCUT2D eigenvalue weighted by atomic mass is 9.94. The number of likely N-dealkylation sites (N-methyl/N-ethyl adjacent to an activating group) is 1. The van der Waals surface area contributed by atoms with Crippen molar-refractivity contribution in [2.45, 2.75) is 50.4 Å². The van der Waals surface area contributed by atoms with Gasteiger partial charge in [0.25, 0.3) is 5.91 Å². The topological polar surface area (TPSA) is 72.3 Å². The number of carbonyl (C=O) groups is 1. The number of pyridine rings is 1. The molecule has 0 bridgehead atoms. The zero-order valence-electron chi connectivity index (χ0n) is 22.3. The van der Waals surface area contributed by atoms with Gasteiger partial charge in [0, 0.05) is 41.5 Å². The molecule has 2 aromatic carbocycles. The van der Waals surface area contributed by atoms with E-state index in [0.717, 1.165) is 64.7 Å². The van der Waals surface area contributed by atoms with Gasteiger partial charge < -0.3 is 15.0 Å². The fraction of sp³-hybridized carbons (Fsp3) is 0.367. The quantitative estimate of drug-likeness (QED) is 0.368. The van der Waals surface area contributed by atoms with Gasteiger partial charge in [-0.1, -0.05) is 12.1 Å². The maximum Gasteiger partial charge on any atom is 0.252 e. The van der Waals surface area contributed by atoms with E-state index in [0.29, 0.717) is 17.4 Å². The number of benzene rings is 2. The van der Waals surface area contributed by atoms with Crippen LogP contribution < -0.4 is 10.1 Å². The first kappa shape index (κ1) is 24.8. The number of likely N-dealkylation sites (tertiary alicyclic amines) is 1. The van der Waals surface area contributed by atoms with Crippen molar-refractivity contribution >= 4 is 27.1 Å². The molecule has 7 nitrogen and oxygen atoms in total. The second-order valence-electron chi connectivity index (χ2n) is 10.8. The van der Waals surface area contributed by atoms with Crippen LogP contribution in [0.1, 0.15) is 46.4 Å². The third kappa shape index (κ3) is 4.52. The number of ether oxygens (including phenoxy) is 1. The first-order valence-corrected chi connectivity index (χ1v) is 13.7. The predicted octanol–water partition coefficient (Wildman–Crippen LogP) is 4.25. The Balaban J connectivity index is 1.32. The Bertz CT molecular complexity index is 1540. The Hall–Kier alpha value is -3.49. The van der Waals surface area contributed by atoms with Crippen molar-refractivity contribution < 1.29 is 9.53 Å². The molecule has 38 heavy (non-hydrogen) atoms. The third-order valence-electron chi connectivity index (χ3n) is 8.01. The first-order chi connectivity index (χ1) is 18.2. The second kappa shape index (κ2) is 9.36. The number of nitrogens with one attached hydrogen (secondary N) is 1. The fourth-order valence-corrected chi connectivity index (χ4v) is 5.96. The van der Waals surface area contributed by atoms with Crippen LogP contribution in [0.2, 0.25) is 0 Å². The van der Waals surface area contributed by atoms with Gasteiger partial charge in [-0.05, 0) is 93.7 Å². The van der Waals surface area contributed by atoms with E-state index in [2.05, 4.69) is 50.8 Å². The molecule has 8 heteroatoms. The van der Waals surface area contributed by atoms with Crippen LogP contribution in [0.4, 0.5) is 0 Å². The summed E-state index contributed by atoms with van der Waals surface area (Å²) in [7, 11) is 7.75. The van der Waals surface area contributed by atoms with E-state index in [1.54, 1.807) is 4.68 Å². The van der Waals surface area contributed by atoms with Crippen LogP contribution in [-0.4, -0.2) is 61.2 Å². The standard InChI is InChI=1S/C30H32N5O2Si/c1-18-5-7-22(37-29(38)27-9-12-34(27)3)15-24(18)28(36)33-30(10-11-30)25-13-20(21-16-31-35(4)17-21)14-26-23(25)8-6-19(2)32-26/h5-8,13-17,27,29H,9-12H2,1-4H3,(H,33,36)/t27-,29-/m0/s1. The molecule has 2 aliphatic rings. The molecule has 4 aromatic rings. The number of nitrogens with zero attached hydrogens (tertiary/aromatic N) is 4. The van der Waals surface area contributed by atoms with Crippen molar-refractivity contribution in [2.24, 2.45) is 7.05 Å². The van der Waals surface area contributed by atoms with Crippen LogP contribution in [0, 0.1) is 13.8 Å². The average molecular weight is 523 g/mol. The minimum atomic E-state index is -0.431. The van der Waals surface area contributed by atoms with Crippen LogP contribution in [-0.2, 0) is 12.6 Å². The molecule has 6 rings (SSSR count). The van der Waals surface area contributed by atoms with Crippen molar-refractivity contribution in [3.63, 3.8) is 0 Å². The van der Waals surface area contributed by atoms with Crippen molar-refractivity contribution in [3.05, 3.63) is 77.2 Å². The Morgan fingerprint density at radius 3 is 2.61 bits per heavy atom. The Morgan fingerprint density at radius 1 is 1.13 bits per heavy atom. The van der Waals surface area contributed by atoms with Gasteiger partial charge >= 0.3 is 0 Å². The van der Waals surface area contributed by atoms with Crippen LogP contribution in [0.15, 0.2) is 54.9 Å². The lowest BCUT2D eigenvalue weighted by Gasteiger charge is -2.41. The zero-order valence-corrected chi connectivity index (χ0v) is 23.3. The molecule has 2 aromatic heterocycles. The van der Waals surface area contributed by atoms with E-state index in [9.17, 15) is 4.79 Å². The van der Waals surface area contributed by atoms with E-state index < -0.39 is 5.54 Å². The summed E-state index contributed by atoms with van der Waals surface area (Å²) in [5, 5.41) is 8.83. The molecule has 1 aliphatic heterocycles. The fourth-order valence-electron chi connectivity index (χ4n) is 5.40. The minimum absolute atomic E-state index is 0.0864. The Morgan fingerprint density at radius 2 is 1.95 bits per heavy atom. The van der Waals surface area contributed by atoms with Gasteiger partial charge in [0.15, 0.2) is 0 Å². The minimum Gasteiger partial charge on any atom is -0.493 e. The van der Waals surface area contributed by atoms with Gasteiger partial charge in [0.1, 0.15) is 5.75 Å². The highest BCUT2D eigenvalue weighted by molar-refractivity contribution is 6.11. The van der Waals surface area contributed by atoms with E-state index in [4.69, 9.17) is 9.72 Å². The summed E-state index contributed by atoms with van der Waals surface area (Å²) in [5.41, 5.74) is 6.08. The van der Waals surface area contributed by atoms with E-state index in [-0.39, 0.29) is 11.6 Å². The maximum absolute atomic E-state index is 13.7. The summed E-state index contributed by atoms with van der Waals surface area (Å²) in [5.74, 6) is 0.603. The molecule has 0 unspecified atom stereocenters. The molecule has 1 aliphatic carbocycles. The highest BCUT2D eigenvalue weighted by Crippen LogP contribution is 2.49. The second-order valence-corrected chi connectivity index (χ2v) is 11.4. The van der Waals surface area contributed by atoms with Gasteiger partial charge in [0.05, 0.1) is 33.2 Å². The number of amides is 1. The van der Waals surface area contributed by atoms with Crippen LogP contribution >= 0.6 is 0 Å². The monoisotopic (exact) mass is 522 g/mol. The summed E-state index contributed by atoms with van der Waals surface area (Å²) in [4.78, 5) is 20.8. The van der Waals surface area contributed by atoms with Crippen LogP contribution in [0.5, 0.6) is 5.75 Å². The Kier molecular flexibility index (Phi) is 6.11. The van der Waals surface area contributed by atoms with Crippen molar-refractivity contribution in [2.75, 3.05) is 13.6 Å². The smallest absolute Gasteiger partial charge is 0.252 e. The molecular weight excluding hydrogens is 490 g/mol. The maximum atomic E-state index is 13.7.